The summed E-state index contributed by atoms with van der Waals surface area (Å²) >= 11 is 0. The molecule has 24 heavy (non-hydrogen) atoms. The fourth-order valence-electron chi connectivity index (χ4n) is 3.76. The quantitative estimate of drug-likeness (QED) is 0.797. The molecule has 134 valence electrons. The molecule has 5 nitrogen and oxygen atoms in total. The lowest BCUT2D eigenvalue weighted by Gasteiger charge is -2.37. The van der Waals surface area contributed by atoms with Crippen LogP contribution in [0.25, 0.3) is 0 Å². The highest BCUT2D eigenvalue weighted by Crippen LogP contribution is 2.22. The van der Waals surface area contributed by atoms with Gasteiger partial charge in [0, 0.05) is 46.0 Å². The molecule has 0 saturated carbocycles. The molecule has 0 amide bonds. The van der Waals surface area contributed by atoms with Crippen molar-refractivity contribution < 1.29 is 4.74 Å². The number of anilines is 1. The predicted molar refractivity (Wildman–Crippen MR) is 98.5 cm³/mol. The first-order valence-electron chi connectivity index (χ1n) is 9.39. The Morgan fingerprint density at radius 1 is 1.17 bits per heavy atom. The van der Waals surface area contributed by atoms with Crippen molar-refractivity contribution in [2.45, 2.75) is 38.3 Å². The number of nitrogens with zero attached hydrogens (tertiary/aromatic N) is 4. The van der Waals surface area contributed by atoms with Crippen LogP contribution in [0.5, 0.6) is 0 Å². The summed E-state index contributed by atoms with van der Waals surface area (Å²) in [6.45, 7) is 7.47. The van der Waals surface area contributed by atoms with E-state index in [4.69, 9.17) is 4.74 Å². The summed E-state index contributed by atoms with van der Waals surface area (Å²) in [7, 11) is 4.07. The minimum Gasteiger partial charge on any atom is -0.379 e. The van der Waals surface area contributed by atoms with E-state index in [1.807, 2.05) is 20.3 Å². The first-order valence-corrected chi connectivity index (χ1v) is 9.39. The van der Waals surface area contributed by atoms with Crippen LogP contribution in [0.1, 0.15) is 31.2 Å². The maximum atomic E-state index is 5.46. The van der Waals surface area contributed by atoms with Gasteiger partial charge in [0.15, 0.2) is 0 Å². The molecule has 2 fully saturated rings. The van der Waals surface area contributed by atoms with Crippen LogP contribution in [0.15, 0.2) is 18.3 Å². The number of ether oxygens (including phenoxy) is 1. The molecule has 1 aromatic heterocycles. The molecule has 1 aromatic rings. The number of hydrogen-bond donors (Lipinski definition) is 0. The molecule has 5 heteroatoms. The third-order valence-electron chi connectivity index (χ3n) is 5.28. The van der Waals surface area contributed by atoms with Gasteiger partial charge in [-0.2, -0.15) is 0 Å². The van der Waals surface area contributed by atoms with Crippen molar-refractivity contribution in [3.05, 3.63) is 23.9 Å². The molecule has 3 heterocycles. The summed E-state index contributed by atoms with van der Waals surface area (Å²) in [5, 5.41) is 0. The van der Waals surface area contributed by atoms with E-state index >= 15 is 0 Å². The van der Waals surface area contributed by atoms with Gasteiger partial charge in [-0.1, -0.05) is 12.5 Å². The summed E-state index contributed by atoms with van der Waals surface area (Å²) in [6.07, 6.45) is 7.37. The molecule has 0 radical (unpaired) electrons. The molecule has 0 bridgehead atoms. The standard InChI is InChI=1S/C19H32N4O/c1-21(2)19-7-6-17(15-20-19)16-23-9-4-3-5-18(23)8-10-22-11-13-24-14-12-22/h6-7,15,18H,3-5,8-14,16H2,1-2H3/t18-/m0/s1. The summed E-state index contributed by atoms with van der Waals surface area (Å²) in [5.41, 5.74) is 1.33. The Hall–Kier alpha value is -1.17. The lowest BCUT2D eigenvalue weighted by molar-refractivity contribution is 0.0302. The van der Waals surface area contributed by atoms with Gasteiger partial charge in [-0.25, -0.2) is 4.98 Å². The van der Waals surface area contributed by atoms with Crippen molar-refractivity contribution in [3.63, 3.8) is 0 Å². The van der Waals surface area contributed by atoms with Crippen molar-refractivity contribution in [3.8, 4) is 0 Å². The molecular formula is C19H32N4O. The third-order valence-corrected chi connectivity index (χ3v) is 5.28. The molecule has 0 unspecified atom stereocenters. The van der Waals surface area contributed by atoms with Crippen LogP contribution in [-0.4, -0.2) is 74.3 Å². The highest BCUT2D eigenvalue weighted by molar-refractivity contribution is 5.37. The van der Waals surface area contributed by atoms with Crippen molar-refractivity contribution in [1.29, 1.82) is 0 Å². The van der Waals surface area contributed by atoms with Crippen LogP contribution in [0, 0.1) is 0 Å². The molecule has 0 aliphatic carbocycles. The van der Waals surface area contributed by atoms with Gasteiger partial charge in [-0.05, 0) is 44.0 Å². The van der Waals surface area contributed by atoms with Crippen molar-refractivity contribution in [2.75, 3.05) is 58.4 Å². The van der Waals surface area contributed by atoms with Crippen LogP contribution < -0.4 is 4.90 Å². The predicted octanol–water partition coefficient (Wildman–Crippen LogP) is 2.22. The Labute approximate surface area is 146 Å². The van der Waals surface area contributed by atoms with E-state index in [1.54, 1.807) is 0 Å². The minimum absolute atomic E-state index is 0.718. The largest absolute Gasteiger partial charge is 0.379 e. The summed E-state index contributed by atoms with van der Waals surface area (Å²) in [4.78, 5) is 11.9. The third kappa shape index (κ3) is 4.91. The Bertz CT molecular complexity index is 485. The number of morpholine rings is 1. The Morgan fingerprint density at radius 2 is 2.00 bits per heavy atom. The first-order chi connectivity index (χ1) is 11.7. The van der Waals surface area contributed by atoms with E-state index in [-0.39, 0.29) is 0 Å². The van der Waals surface area contributed by atoms with Crippen LogP contribution in [-0.2, 0) is 11.3 Å². The SMILES string of the molecule is CN(C)c1ccc(CN2CCCC[C@H]2CCN2CCOCC2)cn1. The smallest absolute Gasteiger partial charge is 0.127 e. The Balaban J connectivity index is 1.53. The Morgan fingerprint density at radius 3 is 2.71 bits per heavy atom. The van der Waals surface area contributed by atoms with Crippen LogP contribution >= 0.6 is 0 Å². The van der Waals surface area contributed by atoms with Gasteiger partial charge in [-0.3, -0.25) is 9.80 Å². The van der Waals surface area contributed by atoms with E-state index in [1.165, 1.54) is 44.3 Å². The maximum absolute atomic E-state index is 5.46. The van der Waals surface area contributed by atoms with E-state index in [0.717, 1.165) is 44.7 Å². The average molecular weight is 332 g/mol. The maximum Gasteiger partial charge on any atom is 0.127 e. The lowest BCUT2D eigenvalue weighted by atomic mass is 9.98. The average Bonchev–Trinajstić information content (AvgIpc) is 2.62. The summed E-state index contributed by atoms with van der Waals surface area (Å²) in [5.74, 6) is 1.03. The van der Waals surface area contributed by atoms with Gasteiger partial charge in [0.05, 0.1) is 13.2 Å². The van der Waals surface area contributed by atoms with Gasteiger partial charge in [0.25, 0.3) is 0 Å². The van der Waals surface area contributed by atoms with Gasteiger partial charge in [0.1, 0.15) is 5.82 Å². The second-order valence-electron chi connectivity index (χ2n) is 7.28. The fraction of sp³-hybridized carbons (Fsp3) is 0.737. The van der Waals surface area contributed by atoms with E-state index in [0.29, 0.717) is 0 Å². The molecule has 0 N–H and O–H groups in total. The van der Waals surface area contributed by atoms with Gasteiger partial charge >= 0.3 is 0 Å². The first kappa shape index (κ1) is 17.6. The number of aromatic nitrogens is 1. The highest BCUT2D eigenvalue weighted by atomic mass is 16.5. The van der Waals surface area contributed by atoms with E-state index in [2.05, 4.69) is 31.8 Å². The Kier molecular flexibility index (Phi) is 6.46. The van der Waals surface area contributed by atoms with Crippen LogP contribution in [0.4, 0.5) is 5.82 Å². The van der Waals surface area contributed by atoms with E-state index < -0.39 is 0 Å². The number of rotatable bonds is 6. The van der Waals surface area contributed by atoms with Gasteiger partial charge in [0.2, 0.25) is 0 Å². The zero-order valence-corrected chi connectivity index (χ0v) is 15.3. The van der Waals surface area contributed by atoms with Crippen molar-refractivity contribution >= 4 is 5.82 Å². The van der Waals surface area contributed by atoms with Gasteiger partial charge in [-0.15, -0.1) is 0 Å². The molecule has 0 aromatic carbocycles. The number of hydrogen-bond acceptors (Lipinski definition) is 5. The second kappa shape index (κ2) is 8.79. The normalized spacial score (nSPS) is 23.3. The number of piperidine rings is 1. The number of pyridine rings is 1. The van der Waals surface area contributed by atoms with Crippen molar-refractivity contribution in [2.24, 2.45) is 0 Å². The number of likely N-dealkylation sites (tertiary alicyclic amines) is 1. The van der Waals surface area contributed by atoms with Crippen LogP contribution in [0.2, 0.25) is 0 Å². The molecule has 0 spiro atoms. The zero-order valence-electron chi connectivity index (χ0n) is 15.3. The van der Waals surface area contributed by atoms with Gasteiger partial charge < -0.3 is 9.64 Å². The molecule has 3 rings (SSSR count). The molecule has 2 saturated heterocycles. The lowest BCUT2D eigenvalue weighted by Crippen LogP contribution is -2.43. The summed E-state index contributed by atoms with van der Waals surface area (Å²) < 4.78 is 5.46. The zero-order chi connectivity index (χ0) is 16.8. The monoisotopic (exact) mass is 332 g/mol. The minimum atomic E-state index is 0.718. The molecular weight excluding hydrogens is 300 g/mol. The molecule has 2 aliphatic heterocycles. The topological polar surface area (TPSA) is 31.8 Å². The fourth-order valence-corrected chi connectivity index (χ4v) is 3.76. The van der Waals surface area contributed by atoms with Crippen molar-refractivity contribution in [1.82, 2.24) is 14.8 Å². The molecule has 1 atom stereocenters. The highest BCUT2D eigenvalue weighted by Gasteiger charge is 2.23. The van der Waals surface area contributed by atoms with Crippen LogP contribution in [0.3, 0.4) is 0 Å². The molecule has 2 aliphatic rings. The second-order valence-corrected chi connectivity index (χ2v) is 7.28. The van der Waals surface area contributed by atoms with E-state index in [9.17, 15) is 0 Å². The summed E-state index contributed by atoms with van der Waals surface area (Å²) in [6, 6.07) is 5.08.